The van der Waals surface area contributed by atoms with E-state index in [4.69, 9.17) is 0 Å². The van der Waals surface area contributed by atoms with Crippen molar-refractivity contribution in [1.82, 2.24) is 9.29 Å². The third-order valence-electron chi connectivity index (χ3n) is 4.57. The summed E-state index contributed by atoms with van der Waals surface area (Å²) < 4.78 is 26.5. The molecule has 7 nitrogen and oxygen atoms in total. The van der Waals surface area contributed by atoms with Gasteiger partial charge in [-0.2, -0.15) is 4.31 Å². The lowest BCUT2D eigenvalue weighted by molar-refractivity contribution is -0.115. The molecule has 1 N–H and O–H groups in total. The molecule has 29 heavy (non-hydrogen) atoms. The number of anilines is 1. The number of carbonyl (C=O) groups is 2. The Balaban J connectivity index is 1.47. The Morgan fingerprint density at radius 1 is 1.10 bits per heavy atom. The van der Waals surface area contributed by atoms with E-state index in [1.807, 2.05) is 0 Å². The van der Waals surface area contributed by atoms with Gasteiger partial charge in [0.15, 0.2) is 5.78 Å². The van der Waals surface area contributed by atoms with Gasteiger partial charge in [0.25, 0.3) is 0 Å². The maximum absolute atomic E-state index is 12.5. The molecule has 2 heterocycles. The fourth-order valence-electron chi connectivity index (χ4n) is 2.94. The second kappa shape index (κ2) is 9.51. The number of hydrogen-bond acceptors (Lipinski definition) is 6. The highest BCUT2D eigenvalue weighted by Crippen LogP contribution is 2.23. The molecule has 1 amide bonds. The molecule has 0 radical (unpaired) electrons. The molecule has 1 aromatic heterocycles. The zero-order valence-corrected chi connectivity index (χ0v) is 17.8. The Hall–Kier alpha value is -2.23. The van der Waals surface area contributed by atoms with Crippen molar-refractivity contribution in [2.45, 2.75) is 36.1 Å². The van der Waals surface area contributed by atoms with Crippen LogP contribution in [0.4, 0.5) is 5.69 Å². The maximum atomic E-state index is 12.5. The third kappa shape index (κ3) is 5.65. The van der Waals surface area contributed by atoms with Crippen molar-refractivity contribution < 1.29 is 18.0 Å². The van der Waals surface area contributed by atoms with Gasteiger partial charge in [-0.25, -0.2) is 13.4 Å². The number of Topliss-reactive ketones (excluding diaryl/α,β-unsaturated/α-hetero) is 1. The average molecular weight is 434 g/mol. The van der Waals surface area contributed by atoms with Gasteiger partial charge in [-0.15, -0.1) is 11.8 Å². The number of nitrogens with one attached hydrogen (secondary N) is 1. The molecular weight excluding hydrogens is 410 g/mol. The number of amides is 1. The number of nitrogens with zero attached hydrogens (tertiary/aromatic N) is 2. The molecule has 0 saturated carbocycles. The first-order valence-corrected chi connectivity index (χ1v) is 11.8. The number of pyridine rings is 1. The fraction of sp³-hybridized carbons (Fsp3) is 0.350. The third-order valence-corrected chi connectivity index (χ3v) is 7.39. The van der Waals surface area contributed by atoms with Crippen LogP contribution in [0.25, 0.3) is 0 Å². The van der Waals surface area contributed by atoms with Crippen LogP contribution >= 0.6 is 11.8 Å². The van der Waals surface area contributed by atoms with Gasteiger partial charge in [0.05, 0.1) is 5.03 Å². The smallest absolute Gasteiger partial charge is 0.244 e. The second-order valence-corrected chi connectivity index (χ2v) is 9.78. The lowest BCUT2D eigenvalue weighted by Gasteiger charge is -2.15. The van der Waals surface area contributed by atoms with Crippen molar-refractivity contribution in [2.24, 2.45) is 0 Å². The topological polar surface area (TPSA) is 96.4 Å². The molecule has 2 aromatic rings. The summed E-state index contributed by atoms with van der Waals surface area (Å²) in [5.41, 5.74) is 1.24. The number of benzene rings is 1. The van der Waals surface area contributed by atoms with Crippen LogP contribution in [0.5, 0.6) is 0 Å². The van der Waals surface area contributed by atoms with Crippen LogP contribution in [0.2, 0.25) is 0 Å². The Bertz CT molecular complexity index is 968. The maximum Gasteiger partial charge on any atom is 0.244 e. The van der Waals surface area contributed by atoms with Gasteiger partial charge in [0, 0.05) is 42.7 Å². The Morgan fingerprint density at radius 2 is 1.79 bits per heavy atom. The summed E-state index contributed by atoms with van der Waals surface area (Å²) in [4.78, 5) is 27.7. The van der Waals surface area contributed by atoms with Crippen LogP contribution in [0, 0.1) is 0 Å². The molecule has 1 saturated heterocycles. The Morgan fingerprint density at radius 3 is 2.38 bits per heavy atom. The first-order chi connectivity index (χ1) is 13.9. The SMILES string of the molecule is CC(=O)c1ccc(NC(=O)CCSc2ccc(S(=O)(=O)N3CCCC3)cn2)cc1. The van der Waals surface area contributed by atoms with Crippen molar-refractivity contribution in [3.63, 3.8) is 0 Å². The highest BCUT2D eigenvalue weighted by molar-refractivity contribution is 7.99. The lowest BCUT2D eigenvalue weighted by atomic mass is 10.1. The Labute approximate surface area is 175 Å². The standard InChI is InChI=1S/C20H23N3O4S2/c1-15(24)16-4-6-17(7-5-16)22-19(25)10-13-28-20-9-8-18(14-21-20)29(26,27)23-11-2-3-12-23/h4-9,14H,2-3,10-13H2,1H3,(H,22,25). The normalized spacial score (nSPS) is 14.7. The number of sulfonamides is 1. The van der Waals surface area contributed by atoms with Crippen LogP contribution in [0.15, 0.2) is 52.5 Å². The van der Waals surface area contributed by atoms with E-state index < -0.39 is 10.0 Å². The van der Waals surface area contributed by atoms with Gasteiger partial charge >= 0.3 is 0 Å². The quantitative estimate of drug-likeness (QED) is 0.507. The summed E-state index contributed by atoms with van der Waals surface area (Å²) >= 11 is 1.39. The van der Waals surface area contributed by atoms with Crippen LogP contribution < -0.4 is 5.32 Å². The van der Waals surface area contributed by atoms with Gasteiger partial charge in [0.1, 0.15) is 4.90 Å². The van der Waals surface area contributed by atoms with E-state index in [0.717, 1.165) is 12.8 Å². The number of aromatic nitrogens is 1. The first-order valence-electron chi connectivity index (χ1n) is 9.36. The van der Waals surface area contributed by atoms with Gasteiger partial charge in [-0.05, 0) is 56.2 Å². The van der Waals surface area contributed by atoms with Crippen LogP contribution in [-0.2, 0) is 14.8 Å². The van der Waals surface area contributed by atoms with Crippen LogP contribution in [-0.4, -0.2) is 48.2 Å². The minimum Gasteiger partial charge on any atom is -0.326 e. The molecule has 9 heteroatoms. The minimum atomic E-state index is -3.46. The molecule has 1 aromatic carbocycles. The zero-order valence-electron chi connectivity index (χ0n) is 16.1. The van der Waals surface area contributed by atoms with Gasteiger partial charge in [-0.1, -0.05) is 0 Å². The average Bonchev–Trinajstić information content (AvgIpc) is 3.24. The van der Waals surface area contributed by atoms with E-state index in [9.17, 15) is 18.0 Å². The predicted molar refractivity (Wildman–Crippen MR) is 113 cm³/mol. The number of carbonyl (C=O) groups excluding carboxylic acids is 2. The molecule has 1 aliphatic rings. The minimum absolute atomic E-state index is 0.0222. The summed E-state index contributed by atoms with van der Waals surface area (Å²) in [6.07, 6.45) is 3.45. The number of hydrogen-bond donors (Lipinski definition) is 1. The van der Waals surface area contributed by atoms with E-state index in [2.05, 4.69) is 10.3 Å². The first kappa shape index (κ1) is 21.5. The molecule has 1 fully saturated rings. The second-order valence-electron chi connectivity index (χ2n) is 6.72. The van der Waals surface area contributed by atoms with Crippen LogP contribution in [0.1, 0.15) is 36.5 Å². The number of thioether (sulfide) groups is 1. The summed E-state index contributed by atoms with van der Waals surface area (Å²) in [7, 11) is -3.46. The molecule has 0 bridgehead atoms. The molecular formula is C20H23N3O4S2. The summed E-state index contributed by atoms with van der Waals surface area (Å²) in [5.74, 6) is 0.357. The Kier molecular flexibility index (Phi) is 7.05. The molecule has 0 aliphatic carbocycles. The van der Waals surface area contributed by atoms with E-state index in [0.29, 0.717) is 35.1 Å². The lowest BCUT2D eigenvalue weighted by Crippen LogP contribution is -2.27. The van der Waals surface area contributed by atoms with E-state index in [1.54, 1.807) is 36.4 Å². The van der Waals surface area contributed by atoms with Gasteiger partial charge in [-0.3, -0.25) is 9.59 Å². The monoisotopic (exact) mass is 433 g/mol. The van der Waals surface area contributed by atoms with Crippen molar-refractivity contribution in [1.29, 1.82) is 0 Å². The molecule has 0 unspecified atom stereocenters. The van der Waals surface area contributed by atoms with Crippen molar-refractivity contribution in [3.8, 4) is 0 Å². The van der Waals surface area contributed by atoms with Crippen molar-refractivity contribution in [2.75, 3.05) is 24.2 Å². The van der Waals surface area contributed by atoms with Gasteiger partial charge in [0.2, 0.25) is 15.9 Å². The van der Waals surface area contributed by atoms with Gasteiger partial charge < -0.3 is 5.32 Å². The molecule has 154 valence electrons. The van der Waals surface area contributed by atoms with Crippen molar-refractivity contribution in [3.05, 3.63) is 48.2 Å². The molecule has 1 aliphatic heterocycles. The largest absolute Gasteiger partial charge is 0.326 e. The number of rotatable bonds is 8. The predicted octanol–water partition coefficient (Wildman–Crippen LogP) is 3.19. The highest BCUT2D eigenvalue weighted by atomic mass is 32.2. The summed E-state index contributed by atoms with van der Waals surface area (Å²) in [5, 5.41) is 3.46. The fourth-order valence-corrected chi connectivity index (χ4v) is 5.19. The van der Waals surface area contributed by atoms with E-state index in [-0.39, 0.29) is 23.0 Å². The molecule has 0 atom stereocenters. The van der Waals surface area contributed by atoms with E-state index >= 15 is 0 Å². The van der Waals surface area contributed by atoms with E-state index in [1.165, 1.54) is 29.2 Å². The highest BCUT2D eigenvalue weighted by Gasteiger charge is 2.27. The van der Waals surface area contributed by atoms with Crippen molar-refractivity contribution >= 4 is 39.2 Å². The summed E-state index contributed by atoms with van der Waals surface area (Å²) in [6.45, 7) is 2.62. The zero-order chi connectivity index (χ0) is 20.9. The summed E-state index contributed by atoms with van der Waals surface area (Å²) in [6, 6.07) is 9.99. The number of ketones is 1. The molecule has 3 rings (SSSR count). The van der Waals surface area contributed by atoms with Crippen LogP contribution in [0.3, 0.4) is 0 Å². The molecule has 0 spiro atoms.